The molecule has 0 saturated heterocycles. The molecule has 0 aliphatic heterocycles. The molecule has 1 heterocycles. The second-order valence-corrected chi connectivity index (χ2v) is 5.95. The fourth-order valence-electron chi connectivity index (χ4n) is 1.89. The minimum absolute atomic E-state index is 0.176. The Labute approximate surface area is 115 Å². The van der Waals surface area contributed by atoms with Crippen LogP contribution in [0, 0.1) is 5.41 Å². The van der Waals surface area contributed by atoms with E-state index in [1.807, 2.05) is 7.05 Å². The molecule has 0 fully saturated rings. The second kappa shape index (κ2) is 6.15. The molecule has 0 spiro atoms. The molecule has 1 aromatic heterocycles. The van der Waals surface area contributed by atoms with Gasteiger partial charge in [-0.2, -0.15) is 0 Å². The van der Waals surface area contributed by atoms with E-state index in [0.29, 0.717) is 18.2 Å². The molecule has 19 heavy (non-hydrogen) atoms. The molecule has 1 aromatic rings. The molecule has 4 heteroatoms. The first-order valence-electron chi connectivity index (χ1n) is 6.49. The first kappa shape index (κ1) is 15.6. The summed E-state index contributed by atoms with van der Waals surface area (Å²) in [5, 5.41) is 0. The van der Waals surface area contributed by atoms with Crippen molar-refractivity contribution in [2.45, 2.75) is 40.3 Å². The number of pyridine rings is 1. The van der Waals surface area contributed by atoms with E-state index in [1.54, 1.807) is 18.3 Å². The van der Waals surface area contributed by atoms with Crippen molar-refractivity contribution in [3.05, 3.63) is 29.6 Å². The largest absolute Gasteiger partial charge is 0.465 e. The molecule has 0 aromatic carbocycles. The van der Waals surface area contributed by atoms with E-state index in [-0.39, 0.29) is 11.4 Å². The summed E-state index contributed by atoms with van der Waals surface area (Å²) in [4.78, 5) is 18.2. The highest BCUT2D eigenvalue weighted by Crippen LogP contribution is 2.24. The minimum atomic E-state index is -0.333. The van der Waals surface area contributed by atoms with Crippen molar-refractivity contribution in [3.8, 4) is 0 Å². The molecule has 0 N–H and O–H groups in total. The summed E-state index contributed by atoms with van der Waals surface area (Å²) in [5.41, 5.74) is 1.47. The summed E-state index contributed by atoms with van der Waals surface area (Å²) in [7, 11) is 3.44. The minimum Gasteiger partial charge on any atom is -0.465 e. The summed E-state index contributed by atoms with van der Waals surface area (Å²) in [6.07, 6.45) is 1.71. The van der Waals surface area contributed by atoms with Gasteiger partial charge in [-0.25, -0.2) is 4.79 Å². The summed E-state index contributed by atoms with van der Waals surface area (Å²) in [5.74, 6) is -0.333. The molecular weight excluding hydrogens is 240 g/mol. The van der Waals surface area contributed by atoms with Crippen LogP contribution in [0.3, 0.4) is 0 Å². The van der Waals surface area contributed by atoms with Crippen LogP contribution in [0.15, 0.2) is 18.3 Å². The molecule has 0 saturated carbocycles. The zero-order valence-electron chi connectivity index (χ0n) is 12.7. The van der Waals surface area contributed by atoms with E-state index in [0.717, 1.165) is 5.69 Å². The Morgan fingerprint density at radius 3 is 2.63 bits per heavy atom. The number of carbonyl (C=O) groups excluding carboxylic acids is 1. The third kappa shape index (κ3) is 4.03. The summed E-state index contributed by atoms with van der Waals surface area (Å²) in [6.45, 7) is 9.42. The van der Waals surface area contributed by atoms with Crippen LogP contribution in [-0.2, 0) is 11.3 Å². The van der Waals surface area contributed by atoms with Crippen LogP contribution in [0.5, 0.6) is 0 Å². The fourth-order valence-corrected chi connectivity index (χ4v) is 1.89. The topological polar surface area (TPSA) is 42.4 Å². The lowest BCUT2D eigenvalue weighted by Gasteiger charge is -2.35. The number of ether oxygens (including phenoxy) is 1. The SMILES string of the molecule is COC(=O)c1cccnc1CN(C)C(C)C(C)(C)C. The molecule has 106 valence electrons. The third-order valence-corrected chi connectivity index (χ3v) is 3.61. The first-order valence-corrected chi connectivity index (χ1v) is 6.49. The fraction of sp³-hybridized carbons (Fsp3) is 0.600. The van der Waals surface area contributed by atoms with Gasteiger partial charge in [-0.3, -0.25) is 9.88 Å². The number of rotatable bonds is 4. The number of esters is 1. The van der Waals surface area contributed by atoms with Crippen LogP contribution >= 0.6 is 0 Å². The van der Waals surface area contributed by atoms with E-state index in [9.17, 15) is 4.79 Å². The maximum absolute atomic E-state index is 11.7. The molecule has 0 amide bonds. The second-order valence-electron chi connectivity index (χ2n) is 5.95. The highest BCUT2D eigenvalue weighted by molar-refractivity contribution is 5.90. The van der Waals surface area contributed by atoms with Gasteiger partial charge in [0, 0.05) is 18.8 Å². The van der Waals surface area contributed by atoms with E-state index in [4.69, 9.17) is 4.74 Å². The number of hydrogen-bond acceptors (Lipinski definition) is 4. The van der Waals surface area contributed by atoms with Crippen LogP contribution in [0.2, 0.25) is 0 Å². The number of nitrogens with zero attached hydrogens (tertiary/aromatic N) is 2. The lowest BCUT2D eigenvalue weighted by Crippen LogP contribution is -2.39. The lowest BCUT2D eigenvalue weighted by molar-refractivity contribution is 0.0596. The van der Waals surface area contributed by atoms with Gasteiger partial charge < -0.3 is 4.74 Å². The molecule has 0 aliphatic carbocycles. The summed E-state index contributed by atoms with van der Waals surface area (Å²) < 4.78 is 4.79. The molecule has 1 unspecified atom stereocenters. The normalized spacial score (nSPS) is 13.4. The Kier molecular flexibility index (Phi) is 5.06. The van der Waals surface area contributed by atoms with Crippen LogP contribution in [0.25, 0.3) is 0 Å². The maximum Gasteiger partial charge on any atom is 0.339 e. The van der Waals surface area contributed by atoms with E-state index in [2.05, 4.69) is 37.6 Å². The zero-order valence-corrected chi connectivity index (χ0v) is 12.7. The van der Waals surface area contributed by atoms with Crippen molar-refractivity contribution in [1.29, 1.82) is 0 Å². The number of hydrogen-bond donors (Lipinski definition) is 0. The number of carbonyl (C=O) groups is 1. The van der Waals surface area contributed by atoms with Gasteiger partial charge in [0.25, 0.3) is 0 Å². The van der Waals surface area contributed by atoms with Crippen molar-refractivity contribution in [3.63, 3.8) is 0 Å². The van der Waals surface area contributed by atoms with Gasteiger partial charge in [0.2, 0.25) is 0 Å². The Hall–Kier alpha value is -1.42. The quantitative estimate of drug-likeness (QED) is 0.784. The van der Waals surface area contributed by atoms with Crippen molar-refractivity contribution >= 4 is 5.97 Å². The van der Waals surface area contributed by atoms with Gasteiger partial charge >= 0.3 is 5.97 Å². The molecule has 0 radical (unpaired) electrons. The van der Waals surface area contributed by atoms with E-state index in [1.165, 1.54) is 7.11 Å². The van der Waals surface area contributed by atoms with Crippen molar-refractivity contribution < 1.29 is 9.53 Å². The van der Waals surface area contributed by atoms with Crippen LogP contribution in [-0.4, -0.2) is 36.1 Å². The predicted molar refractivity (Wildman–Crippen MR) is 76.0 cm³/mol. The Morgan fingerprint density at radius 2 is 2.11 bits per heavy atom. The number of methoxy groups -OCH3 is 1. The van der Waals surface area contributed by atoms with Crippen LogP contribution < -0.4 is 0 Å². The van der Waals surface area contributed by atoms with Gasteiger partial charge in [-0.1, -0.05) is 20.8 Å². The predicted octanol–water partition coefficient (Wildman–Crippen LogP) is 2.73. The summed E-state index contributed by atoms with van der Waals surface area (Å²) >= 11 is 0. The standard InChI is InChI=1S/C15H24N2O2/c1-11(15(2,3)4)17(5)10-13-12(14(18)19-6)8-7-9-16-13/h7-9,11H,10H2,1-6H3. The van der Waals surface area contributed by atoms with Gasteiger partial charge in [0.15, 0.2) is 0 Å². The van der Waals surface area contributed by atoms with Crippen molar-refractivity contribution in [2.24, 2.45) is 5.41 Å². The van der Waals surface area contributed by atoms with Crippen LogP contribution in [0.1, 0.15) is 43.7 Å². The van der Waals surface area contributed by atoms with Crippen molar-refractivity contribution in [2.75, 3.05) is 14.2 Å². The van der Waals surface area contributed by atoms with Gasteiger partial charge in [0.1, 0.15) is 0 Å². The summed E-state index contributed by atoms with van der Waals surface area (Å²) in [6, 6.07) is 3.88. The molecule has 1 rings (SSSR count). The van der Waals surface area contributed by atoms with Gasteiger partial charge in [-0.15, -0.1) is 0 Å². The molecule has 1 atom stereocenters. The average molecular weight is 264 g/mol. The zero-order chi connectivity index (χ0) is 14.6. The average Bonchev–Trinajstić information content (AvgIpc) is 2.36. The maximum atomic E-state index is 11.7. The molecule has 4 nitrogen and oxygen atoms in total. The highest BCUT2D eigenvalue weighted by Gasteiger charge is 2.25. The monoisotopic (exact) mass is 264 g/mol. The van der Waals surface area contributed by atoms with Gasteiger partial charge in [0.05, 0.1) is 18.4 Å². The lowest BCUT2D eigenvalue weighted by atomic mass is 9.87. The first-order chi connectivity index (χ1) is 8.77. The Balaban J connectivity index is 2.91. The molecule has 0 aliphatic rings. The number of aromatic nitrogens is 1. The Bertz CT molecular complexity index is 438. The highest BCUT2D eigenvalue weighted by atomic mass is 16.5. The van der Waals surface area contributed by atoms with Crippen molar-refractivity contribution in [1.82, 2.24) is 9.88 Å². The van der Waals surface area contributed by atoms with Crippen LogP contribution in [0.4, 0.5) is 0 Å². The van der Waals surface area contributed by atoms with E-state index >= 15 is 0 Å². The van der Waals surface area contributed by atoms with Gasteiger partial charge in [-0.05, 0) is 31.5 Å². The molecule has 0 bridgehead atoms. The molecular formula is C15H24N2O2. The third-order valence-electron chi connectivity index (χ3n) is 3.61. The Morgan fingerprint density at radius 1 is 1.47 bits per heavy atom. The smallest absolute Gasteiger partial charge is 0.339 e. The van der Waals surface area contributed by atoms with E-state index < -0.39 is 0 Å².